The maximum absolute atomic E-state index is 4.56. The zero-order valence-electron chi connectivity index (χ0n) is 12.2. The SMILES string of the molecule is CCNCC1CCCN(c2ncnc3c(C)csc23)C1. The zero-order valence-corrected chi connectivity index (χ0v) is 13.0. The quantitative estimate of drug-likeness (QED) is 0.940. The summed E-state index contributed by atoms with van der Waals surface area (Å²) in [5.41, 5.74) is 2.38. The van der Waals surface area contributed by atoms with Crippen molar-refractivity contribution in [1.82, 2.24) is 15.3 Å². The van der Waals surface area contributed by atoms with Crippen molar-refractivity contribution in [2.24, 2.45) is 5.92 Å². The monoisotopic (exact) mass is 290 g/mol. The summed E-state index contributed by atoms with van der Waals surface area (Å²) in [7, 11) is 0. The van der Waals surface area contributed by atoms with E-state index < -0.39 is 0 Å². The molecule has 0 bridgehead atoms. The number of hydrogen-bond donors (Lipinski definition) is 1. The van der Waals surface area contributed by atoms with Gasteiger partial charge >= 0.3 is 0 Å². The first kappa shape index (κ1) is 13.8. The van der Waals surface area contributed by atoms with E-state index in [0.29, 0.717) is 0 Å². The summed E-state index contributed by atoms with van der Waals surface area (Å²) in [5.74, 6) is 1.86. The second-order valence-corrected chi connectivity index (χ2v) is 6.44. The Hall–Kier alpha value is -1.20. The standard InChI is InChI=1S/C15H22N4S/c1-3-16-7-12-5-4-6-19(8-12)15-14-13(17-10-18-15)11(2)9-20-14/h9-10,12,16H,3-8H2,1-2H3. The molecular formula is C15H22N4S. The fraction of sp³-hybridized carbons (Fsp3) is 0.600. The van der Waals surface area contributed by atoms with Crippen LogP contribution in [0.1, 0.15) is 25.3 Å². The predicted octanol–water partition coefficient (Wildman–Crippen LogP) is 2.83. The van der Waals surface area contributed by atoms with Gasteiger partial charge in [-0.3, -0.25) is 0 Å². The molecule has 1 saturated heterocycles. The molecule has 3 heterocycles. The highest BCUT2D eigenvalue weighted by Gasteiger charge is 2.22. The molecule has 1 N–H and O–H groups in total. The fourth-order valence-electron chi connectivity index (χ4n) is 2.95. The minimum Gasteiger partial charge on any atom is -0.355 e. The number of aromatic nitrogens is 2. The highest BCUT2D eigenvalue weighted by molar-refractivity contribution is 7.18. The van der Waals surface area contributed by atoms with Gasteiger partial charge in [0.25, 0.3) is 0 Å². The van der Waals surface area contributed by atoms with Crippen LogP contribution in [0, 0.1) is 12.8 Å². The lowest BCUT2D eigenvalue weighted by Gasteiger charge is -2.33. The van der Waals surface area contributed by atoms with Crippen molar-refractivity contribution < 1.29 is 0 Å². The van der Waals surface area contributed by atoms with Gasteiger partial charge in [0.05, 0.1) is 10.2 Å². The van der Waals surface area contributed by atoms with Gasteiger partial charge in [0, 0.05) is 13.1 Å². The fourth-order valence-corrected chi connectivity index (χ4v) is 3.97. The van der Waals surface area contributed by atoms with E-state index in [9.17, 15) is 0 Å². The molecule has 1 fully saturated rings. The molecule has 4 nitrogen and oxygen atoms in total. The Morgan fingerprint density at radius 1 is 1.45 bits per heavy atom. The van der Waals surface area contributed by atoms with E-state index in [-0.39, 0.29) is 0 Å². The summed E-state index contributed by atoms with van der Waals surface area (Å²) in [5, 5.41) is 5.66. The largest absolute Gasteiger partial charge is 0.355 e. The number of nitrogens with zero attached hydrogens (tertiary/aromatic N) is 3. The minimum atomic E-state index is 0.731. The lowest BCUT2D eigenvalue weighted by Crippen LogP contribution is -2.40. The van der Waals surface area contributed by atoms with Crippen molar-refractivity contribution in [2.45, 2.75) is 26.7 Å². The molecular weight excluding hydrogens is 268 g/mol. The minimum absolute atomic E-state index is 0.731. The first-order chi connectivity index (χ1) is 9.79. The van der Waals surface area contributed by atoms with Crippen molar-refractivity contribution >= 4 is 27.4 Å². The molecule has 0 radical (unpaired) electrons. The van der Waals surface area contributed by atoms with Gasteiger partial charge in [0.1, 0.15) is 12.1 Å². The molecule has 20 heavy (non-hydrogen) atoms. The molecule has 3 rings (SSSR count). The lowest BCUT2D eigenvalue weighted by molar-refractivity contribution is 0.394. The van der Waals surface area contributed by atoms with Crippen LogP contribution in [0.2, 0.25) is 0 Å². The molecule has 1 unspecified atom stereocenters. The second-order valence-electron chi connectivity index (χ2n) is 5.56. The van der Waals surface area contributed by atoms with Crippen molar-refractivity contribution in [2.75, 3.05) is 31.1 Å². The molecule has 5 heteroatoms. The summed E-state index contributed by atoms with van der Waals surface area (Å²) in [6.45, 7) is 8.69. The molecule has 0 saturated carbocycles. The van der Waals surface area contributed by atoms with E-state index in [1.807, 2.05) is 0 Å². The van der Waals surface area contributed by atoms with E-state index in [2.05, 4.69) is 39.4 Å². The number of fused-ring (bicyclic) bond motifs is 1. The molecule has 0 aliphatic carbocycles. The Kier molecular flexibility index (Phi) is 4.17. The van der Waals surface area contributed by atoms with E-state index in [1.54, 1.807) is 17.7 Å². The molecule has 1 atom stereocenters. The normalized spacial score (nSPS) is 19.7. The smallest absolute Gasteiger partial charge is 0.150 e. The molecule has 108 valence electrons. The highest BCUT2D eigenvalue weighted by Crippen LogP contribution is 2.32. The summed E-state index contributed by atoms with van der Waals surface area (Å²) in [4.78, 5) is 11.4. The van der Waals surface area contributed by atoms with Crippen LogP contribution in [0.5, 0.6) is 0 Å². The maximum atomic E-state index is 4.56. The van der Waals surface area contributed by atoms with Crippen LogP contribution in [-0.2, 0) is 0 Å². The molecule has 1 aliphatic rings. The van der Waals surface area contributed by atoms with Gasteiger partial charge in [0.2, 0.25) is 0 Å². The number of piperidine rings is 1. The third kappa shape index (κ3) is 2.65. The molecule has 2 aromatic heterocycles. The van der Waals surface area contributed by atoms with Gasteiger partial charge in [-0.05, 0) is 49.7 Å². The Bertz CT molecular complexity index is 580. The van der Waals surface area contributed by atoms with Gasteiger partial charge in [0.15, 0.2) is 0 Å². The van der Waals surface area contributed by atoms with Crippen LogP contribution in [0.4, 0.5) is 5.82 Å². The molecule has 0 aromatic carbocycles. The van der Waals surface area contributed by atoms with E-state index >= 15 is 0 Å². The number of hydrogen-bond acceptors (Lipinski definition) is 5. The Labute approximate surface area is 124 Å². The average molecular weight is 290 g/mol. The van der Waals surface area contributed by atoms with Gasteiger partial charge in [-0.1, -0.05) is 6.92 Å². The van der Waals surface area contributed by atoms with Crippen LogP contribution < -0.4 is 10.2 Å². The van der Waals surface area contributed by atoms with Gasteiger partial charge in [-0.25, -0.2) is 9.97 Å². The van der Waals surface area contributed by atoms with Crippen molar-refractivity contribution in [3.63, 3.8) is 0 Å². The van der Waals surface area contributed by atoms with E-state index in [1.165, 1.54) is 23.1 Å². The maximum Gasteiger partial charge on any atom is 0.150 e. The third-order valence-corrected chi connectivity index (χ3v) is 5.10. The second kappa shape index (κ2) is 6.06. The molecule has 0 amide bonds. The van der Waals surface area contributed by atoms with Crippen LogP contribution in [0.25, 0.3) is 10.2 Å². The Morgan fingerprint density at radius 3 is 3.20 bits per heavy atom. The summed E-state index contributed by atoms with van der Waals surface area (Å²) in [6.07, 6.45) is 4.29. The Balaban J connectivity index is 1.83. The zero-order chi connectivity index (χ0) is 13.9. The number of rotatable bonds is 4. The third-order valence-electron chi connectivity index (χ3n) is 4.01. The molecule has 2 aromatic rings. The van der Waals surface area contributed by atoms with Gasteiger partial charge in [-0.2, -0.15) is 0 Å². The predicted molar refractivity (Wildman–Crippen MR) is 85.6 cm³/mol. The van der Waals surface area contributed by atoms with Crippen molar-refractivity contribution in [3.05, 3.63) is 17.3 Å². The first-order valence-corrected chi connectivity index (χ1v) is 8.32. The van der Waals surface area contributed by atoms with Crippen molar-refractivity contribution in [1.29, 1.82) is 0 Å². The Morgan fingerprint density at radius 2 is 2.35 bits per heavy atom. The van der Waals surface area contributed by atoms with Crippen LogP contribution in [-0.4, -0.2) is 36.1 Å². The average Bonchev–Trinajstić information content (AvgIpc) is 2.87. The van der Waals surface area contributed by atoms with Crippen molar-refractivity contribution in [3.8, 4) is 0 Å². The topological polar surface area (TPSA) is 41.0 Å². The lowest BCUT2D eigenvalue weighted by atomic mass is 9.98. The number of thiophene rings is 1. The van der Waals surface area contributed by atoms with Crippen LogP contribution >= 0.6 is 11.3 Å². The highest BCUT2D eigenvalue weighted by atomic mass is 32.1. The van der Waals surface area contributed by atoms with E-state index in [4.69, 9.17) is 0 Å². The summed E-state index contributed by atoms with van der Waals surface area (Å²) in [6, 6.07) is 0. The van der Waals surface area contributed by atoms with Gasteiger partial charge in [-0.15, -0.1) is 11.3 Å². The van der Waals surface area contributed by atoms with Crippen LogP contribution in [0.15, 0.2) is 11.7 Å². The number of nitrogens with one attached hydrogen (secondary N) is 1. The van der Waals surface area contributed by atoms with E-state index in [0.717, 1.165) is 43.4 Å². The molecule has 0 spiro atoms. The molecule has 1 aliphatic heterocycles. The van der Waals surface area contributed by atoms with Crippen LogP contribution in [0.3, 0.4) is 0 Å². The summed E-state index contributed by atoms with van der Waals surface area (Å²) >= 11 is 1.77. The number of aryl methyl sites for hydroxylation is 1. The summed E-state index contributed by atoms with van der Waals surface area (Å²) < 4.78 is 1.24. The number of anilines is 1. The first-order valence-electron chi connectivity index (χ1n) is 7.44. The van der Waals surface area contributed by atoms with Gasteiger partial charge < -0.3 is 10.2 Å².